The van der Waals surface area contributed by atoms with Gasteiger partial charge in [0.1, 0.15) is 12.4 Å². The van der Waals surface area contributed by atoms with Crippen molar-refractivity contribution in [2.24, 2.45) is 0 Å². The molecule has 0 amide bonds. The monoisotopic (exact) mass is 271 g/mol. The minimum absolute atomic E-state index is 0.198. The first-order valence-electron chi connectivity index (χ1n) is 6.41. The molecule has 0 spiro atoms. The Morgan fingerprint density at radius 3 is 2.25 bits per heavy atom. The average Bonchev–Trinajstić information content (AvgIpc) is 2.46. The van der Waals surface area contributed by atoms with E-state index in [1.165, 1.54) is 0 Å². The van der Waals surface area contributed by atoms with Gasteiger partial charge in [-0.3, -0.25) is 4.79 Å². The van der Waals surface area contributed by atoms with E-state index in [-0.39, 0.29) is 18.3 Å². The molecule has 0 atom stereocenters. The topological polar surface area (TPSA) is 72.6 Å². The molecule has 0 aliphatic carbocycles. The van der Waals surface area contributed by atoms with Crippen molar-refractivity contribution in [3.8, 4) is 5.75 Å². The molecule has 0 bridgehead atoms. The third kappa shape index (κ3) is 4.31. The second-order valence-corrected chi connectivity index (χ2v) is 4.57. The number of rotatable bonds is 5. The Balaban J connectivity index is 1.75. The lowest BCUT2D eigenvalue weighted by atomic mass is 10.1. The molecule has 20 heavy (non-hydrogen) atoms. The van der Waals surface area contributed by atoms with E-state index in [2.05, 4.69) is 0 Å². The van der Waals surface area contributed by atoms with Crippen LogP contribution in [0, 0.1) is 0 Å². The summed E-state index contributed by atoms with van der Waals surface area (Å²) in [6.45, 7) is 0.223. The zero-order valence-electron chi connectivity index (χ0n) is 11.1. The van der Waals surface area contributed by atoms with Crippen LogP contribution in [0.4, 0.5) is 5.69 Å². The molecule has 4 heteroatoms. The summed E-state index contributed by atoms with van der Waals surface area (Å²) < 4.78 is 5.17. The molecule has 2 rings (SSSR count). The Labute approximate surface area is 117 Å². The van der Waals surface area contributed by atoms with Crippen LogP contribution < -0.4 is 5.73 Å². The molecule has 0 aliphatic rings. The summed E-state index contributed by atoms with van der Waals surface area (Å²) in [6, 6.07) is 14.0. The van der Waals surface area contributed by atoms with Crippen molar-refractivity contribution >= 4 is 11.7 Å². The van der Waals surface area contributed by atoms with Gasteiger partial charge in [0.05, 0.1) is 0 Å². The third-order valence-corrected chi connectivity index (χ3v) is 2.93. The number of hydrogen-bond donors (Lipinski definition) is 2. The van der Waals surface area contributed by atoms with Crippen molar-refractivity contribution in [3.63, 3.8) is 0 Å². The molecular formula is C16H17NO3. The van der Waals surface area contributed by atoms with Gasteiger partial charge in [-0.2, -0.15) is 0 Å². The number of nitrogen functional groups attached to an aromatic ring is 1. The molecule has 0 aliphatic heterocycles. The molecule has 0 heterocycles. The van der Waals surface area contributed by atoms with Gasteiger partial charge >= 0.3 is 5.97 Å². The predicted octanol–water partition coefficient (Wildman–Crippen LogP) is 2.65. The van der Waals surface area contributed by atoms with Crippen LogP contribution in [0.1, 0.15) is 17.5 Å². The number of phenols is 1. The van der Waals surface area contributed by atoms with E-state index >= 15 is 0 Å². The standard InChI is InChI=1S/C16H17NO3/c17-14-6-1-12(2-7-14)5-10-16(19)20-11-13-3-8-15(18)9-4-13/h1-4,6-9,18H,5,10-11,17H2. The van der Waals surface area contributed by atoms with Crippen LogP contribution in [0.2, 0.25) is 0 Å². The van der Waals surface area contributed by atoms with Crippen LogP contribution in [0.25, 0.3) is 0 Å². The van der Waals surface area contributed by atoms with Crippen LogP contribution in [0.3, 0.4) is 0 Å². The van der Waals surface area contributed by atoms with E-state index < -0.39 is 0 Å². The highest BCUT2D eigenvalue weighted by Crippen LogP contribution is 2.11. The average molecular weight is 271 g/mol. The number of carbonyl (C=O) groups is 1. The lowest BCUT2D eigenvalue weighted by Gasteiger charge is -2.05. The summed E-state index contributed by atoms with van der Waals surface area (Å²) in [4.78, 5) is 11.6. The first kappa shape index (κ1) is 13.9. The maximum absolute atomic E-state index is 11.6. The third-order valence-electron chi connectivity index (χ3n) is 2.93. The van der Waals surface area contributed by atoms with Gasteiger partial charge in [-0.15, -0.1) is 0 Å². The van der Waals surface area contributed by atoms with Gasteiger partial charge in [-0.05, 0) is 41.8 Å². The second kappa shape index (κ2) is 6.61. The molecule has 0 saturated carbocycles. The lowest BCUT2D eigenvalue weighted by molar-refractivity contribution is -0.144. The summed E-state index contributed by atoms with van der Waals surface area (Å²) in [7, 11) is 0. The molecule has 0 fully saturated rings. The van der Waals surface area contributed by atoms with E-state index in [4.69, 9.17) is 15.6 Å². The van der Waals surface area contributed by atoms with Crippen LogP contribution in [-0.4, -0.2) is 11.1 Å². The van der Waals surface area contributed by atoms with E-state index in [9.17, 15) is 4.79 Å². The zero-order valence-corrected chi connectivity index (χ0v) is 11.1. The summed E-state index contributed by atoms with van der Waals surface area (Å²) in [5, 5.41) is 9.15. The van der Waals surface area contributed by atoms with Crippen molar-refractivity contribution in [2.75, 3.05) is 5.73 Å². The molecule has 3 N–H and O–H groups in total. The Hall–Kier alpha value is -2.49. The van der Waals surface area contributed by atoms with Crippen molar-refractivity contribution in [1.29, 1.82) is 0 Å². The number of phenolic OH excluding ortho intramolecular Hbond substituents is 1. The summed E-state index contributed by atoms with van der Waals surface area (Å²) in [5.41, 5.74) is 8.21. The molecule has 0 aromatic heterocycles. The summed E-state index contributed by atoms with van der Waals surface area (Å²) >= 11 is 0. The first-order valence-corrected chi connectivity index (χ1v) is 6.41. The lowest BCUT2D eigenvalue weighted by Crippen LogP contribution is -2.05. The molecular weight excluding hydrogens is 254 g/mol. The maximum atomic E-state index is 11.6. The fourth-order valence-corrected chi connectivity index (χ4v) is 1.76. The number of esters is 1. The highest BCUT2D eigenvalue weighted by atomic mass is 16.5. The van der Waals surface area contributed by atoms with Crippen molar-refractivity contribution in [2.45, 2.75) is 19.4 Å². The van der Waals surface area contributed by atoms with Crippen molar-refractivity contribution < 1.29 is 14.6 Å². The van der Waals surface area contributed by atoms with Gasteiger partial charge in [0.2, 0.25) is 0 Å². The Kier molecular flexibility index (Phi) is 4.60. The fraction of sp³-hybridized carbons (Fsp3) is 0.188. The molecule has 0 unspecified atom stereocenters. The Morgan fingerprint density at radius 2 is 1.60 bits per heavy atom. The van der Waals surface area contributed by atoms with Gasteiger partial charge in [-0.1, -0.05) is 24.3 Å². The predicted molar refractivity (Wildman–Crippen MR) is 77.1 cm³/mol. The van der Waals surface area contributed by atoms with Crippen LogP contribution in [0.15, 0.2) is 48.5 Å². The normalized spacial score (nSPS) is 10.2. The SMILES string of the molecule is Nc1ccc(CCC(=O)OCc2ccc(O)cc2)cc1. The van der Waals surface area contributed by atoms with Gasteiger partial charge < -0.3 is 15.6 Å². The van der Waals surface area contributed by atoms with Gasteiger partial charge in [0.15, 0.2) is 0 Å². The number of anilines is 1. The van der Waals surface area contributed by atoms with E-state index in [1.807, 2.05) is 24.3 Å². The molecule has 2 aromatic rings. The van der Waals surface area contributed by atoms with Crippen LogP contribution in [0.5, 0.6) is 5.75 Å². The van der Waals surface area contributed by atoms with E-state index in [0.717, 1.165) is 11.1 Å². The van der Waals surface area contributed by atoms with E-state index in [1.54, 1.807) is 24.3 Å². The van der Waals surface area contributed by atoms with Gasteiger partial charge in [0.25, 0.3) is 0 Å². The van der Waals surface area contributed by atoms with Crippen molar-refractivity contribution in [1.82, 2.24) is 0 Å². The first-order chi connectivity index (χ1) is 9.63. The number of hydrogen-bond acceptors (Lipinski definition) is 4. The number of nitrogens with two attached hydrogens (primary N) is 1. The number of benzene rings is 2. The number of carbonyl (C=O) groups excluding carboxylic acids is 1. The van der Waals surface area contributed by atoms with Crippen molar-refractivity contribution in [3.05, 3.63) is 59.7 Å². The minimum atomic E-state index is -0.241. The number of ether oxygens (including phenoxy) is 1. The molecule has 0 saturated heterocycles. The fourth-order valence-electron chi connectivity index (χ4n) is 1.76. The smallest absolute Gasteiger partial charge is 0.306 e. The molecule has 104 valence electrons. The van der Waals surface area contributed by atoms with Crippen LogP contribution in [-0.2, 0) is 22.6 Å². The van der Waals surface area contributed by atoms with E-state index in [0.29, 0.717) is 18.5 Å². The van der Waals surface area contributed by atoms with Crippen LogP contribution >= 0.6 is 0 Å². The highest BCUT2D eigenvalue weighted by Gasteiger charge is 2.04. The Bertz CT molecular complexity index is 510. The largest absolute Gasteiger partial charge is 0.508 e. The van der Waals surface area contributed by atoms with Gasteiger partial charge in [-0.25, -0.2) is 0 Å². The quantitative estimate of drug-likeness (QED) is 0.647. The molecule has 4 nitrogen and oxygen atoms in total. The van der Waals surface area contributed by atoms with Gasteiger partial charge in [0, 0.05) is 12.1 Å². The summed E-state index contributed by atoms with van der Waals surface area (Å²) in [6.07, 6.45) is 0.969. The minimum Gasteiger partial charge on any atom is -0.508 e. The molecule has 2 aromatic carbocycles. The molecule has 0 radical (unpaired) electrons. The highest BCUT2D eigenvalue weighted by molar-refractivity contribution is 5.69. The number of aryl methyl sites for hydroxylation is 1. The summed E-state index contributed by atoms with van der Waals surface area (Å²) in [5.74, 6) is -0.0432. The maximum Gasteiger partial charge on any atom is 0.306 e. The second-order valence-electron chi connectivity index (χ2n) is 4.57. The number of aromatic hydroxyl groups is 1. The Morgan fingerprint density at radius 1 is 1.00 bits per heavy atom. The zero-order chi connectivity index (χ0) is 14.4.